The zero-order valence-corrected chi connectivity index (χ0v) is 12.4. The molecule has 0 atom stereocenters. The lowest BCUT2D eigenvalue weighted by molar-refractivity contribution is -0.120. The monoisotopic (exact) mass is 314 g/mol. The third kappa shape index (κ3) is 3.74. The number of rotatable bonds is 5. The van der Waals surface area contributed by atoms with Crippen LogP contribution in [0.1, 0.15) is 11.1 Å². The van der Waals surface area contributed by atoms with Gasteiger partial charge in [0, 0.05) is 23.6 Å². The second kappa shape index (κ2) is 6.60. The highest BCUT2D eigenvalue weighted by atomic mass is 19.1. The summed E-state index contributed by atoms with van der Waals surface area (Å²) < 4.78 is 26.4. The SMILES string of the molecule is O=C(Cc1cccc(F)c1)NCCc1c[nH]c2ccc(F)cc12. The second-order valence-electron chi connectivity index (χ2n) is 5.41. The molecule has 118 valence electrons. The number of amides is 1. The van der Waals surface area contributed by atoms with Gasteiger partial charge in [-0.05, 0) is 47.9 Å². The fourth-order valence-corrected chi connectivity index (χ4v) is 2.59. The maximum Gasteiger partial charge on any atom is 0.224 e. The fraction of sp³-hybridized carbons (Fsp3) is 0.167. The van der Waals surface area contributed by atoms with Crippen molar-refractivity contribution in [3.63, 3.8) is 0 Å². The van der Waals surface area contributed by atoms with Gasteiger partial charge in [0.25, 0.3) is 0 Å². The van der Waals surface area contributed by atoms with Crippen LogP contribution in [0.15, 0.2) is 48.7 Å². The number of halogens is 2. The summed E-state index contributed by atoms with van der Waals surface area (Å²) >= 11 is 0. The molecule has 2 aromatic carbocycles. The Morgan fingerprint density at radius 1 is 1.09 bits per heavy atom. The van der Waals surface area contributed by atoms with Crippen molar-refractivity contribution in [2.24, 2.45) is 0 Å². The largest absolute Gasteiger partial charge is 0.361 e. The summed E-state index contributed by atoms with van der Waals surface area (Å²) in [6.07, 6.45) is 2.56. The van der Waals surface area contributed by atoms with E-state index in [0.29, 0.717) is 18.5 Å². The smallest absolute Gasteiger partial charge is 0.224 e. The van der Waals surface area contributed by atoms with E-state index in [2.05, 4.69) is 10.3 Å². The molecule has 0 fully saturated rings. The molecule has 0 aliphatic carbocycles. The normalized spacial score (nSPS) is 10.9. The molecule has 23 heavy (non-hydrogen) atoms. The Hall–Kier alpha value is -2.69. The molecule has 1 aromatic heterocycles. The third-order valence-corrected chi connectivity index (χ3v) is 3.70. The van der Waals surface area contributed by atoms with E-state index >= 15 is 0 Å². The van der Waals surface area contributed by atoms with Gasteiger partial charge in [0.2, 0.25) is 5.91 Å². The van der Waals surface area contributed by atoms with Crippen LogP contribution in [0.25, 0.3) is 10.9 Å². The fourth-order valence-electron chi connectivity index (χ4n) is 2.59. The first-order valence-corrected chi connectivity index (χ1v) is 7.38. The molecule has 1 heterocycles. The van der Waals surface area contributed by atoms with Gasteiger partial charge in [0.15, 0.2) is 0 Å². The molecule has 0 saturated carbocycles. The van der Waals surface area contributed by atoms with Gasteiger partial charge in [0.05, 0.1) is 6.42 Å². The topological polar surface area (TPSA) is 44.9 Å². The number of benzene rings is 2. The molecule has 0 aliphatic heterocycles. The van der Waals surface area contributed by atoms with Crippen LogP contribution in [0.5, 0.6) is 0 Å². The lowest BCUT2D eigenvalue weighted by Gasteiger charge is -2.05. The minimum atomic E-state index is -0.351. The Morgan fingerprint density at radius 3 is 2.74 bits per heavy atom. The number of fused-ring (bicyclic) bond motifs is 1. The van der Waals surface area contributed by atoms with E-state index in [1.54, 1.807) is 18.2 Å². The van der Waals surface area contributed by atoms with E-state index < -0.39 is 0 Å². The third-order valence-electron chi connectivity index (χ3n) is 3.70. The van der Waals surface area contributed by atoms with Crippen LogP contribution in [-0.2, 0) is 17.6 Å². The molecule has 5 heteroatoms. The average molecular weight is 314 g/mol. The van der Waals surface area contributed by atoms with Gasteiger partial charge in [-0.1, -0.05) is 12.1 Å². The van der Waals surface area contributed by atoms with Crippen LogP contribution >= 0.6 is 0 Å². The highest BCUT2D eigenvalue weighted by Gasteiger charge is 2.07. The molecule has 0 saturated heterocycles. The number of nitrogens with one attached hydrogen (secondary N) is 2. The first-order chi connectivity index (χ1) is 11.1. The molecule has 0 bridgehead atoms. The van der Waals surface area contributed by atoms with Crippen LogP contribution in [0.2, 0.25) is 0 Å². The first kappa shape index (κ1) is 15.2. The average Bonchev–Trinajstić information content (AvgIpc) is 2.90. The molecule has 1 amide bonds. The van der Waals surface area contributed by atoms with Crippen LogP contribution < -0.4 is 5.32 Å². The van der Waals surface area contributed by atoms with Crippen molar-refractivity contribution in [1.29, 1.82) is 0 Å². The minimum absolute atomic E-state index is 0.139. The molecular formula is C18H16F2N2O. The van der Waals surface area contributed by atoms with Gasteiger partial charge in [-0.15, -0.1) is 0 Å². The van der Waals surface area contributed by atoms with Gasteiger partial charge in [0.1, 0.15) is 11.6 Å². The van der Waals surface area contributed by atoms with Crippen molar-refractivity contribution in [2.75, 3.05) is 6.54 Å². The maximum atomic E-state index is 13.3. The summed E-state index contributed by atoms with van der Waals surface area (Å²) in [6, 6.07) is 10.6. The molecule has 3 rings (SSSR count). The van der Waals surface area contributed by atoms with Gasteiger partial charge in [-0.3, -0.25) is 4.79 Å². The van der Waals surface area contributed by atoms with Crippen molar-refractivity contribution in [1.82, 2.24) is 10.3 Å². The number of hydrogen-bond acceptors (Lipinski definition) is 1. The lowest BCUT2D eigenvalue weighted by Crippen LogP contribution is -2.27. The number of H-pyrrole nitrogens is 1. The first-order valence-electron chi connectivity index (χ1n) is 7.38. The van der Waals surface area contributed by atoms with Gasteiger partial charge < -0.3 is 10.3 Å². The number of hydrogen-bond donors (Lipinski definition) is 2. The summed E-state index contributed by atoms with van der Waals surface area (Å²) in [7, 11) is 0. The maximum absolute atomic E-state index is 13.3. The zero-order valence-electron chi connectivity index (χ0n) is 12.4. The Labute approximate surface area is 132 Å². The molecular weight excluding hydrogens is 298 g/mol. The Morgan fingerprint density at radius 2 is 1.91 bits per heavy atom. The number of carbonyl (C=O) groups excluding carboxylic acids is 1. The van der Waals surface area contributed by atoms with Crippen molar-refractivity contribution < 1.29 is 13.6 Å². The summed E-state index contributed by atoms with van der Waals surface area (Å²) in [5.41, 5.74) is 2.45. The Bertz CT molecular complexity index is 842. The van der Waals surface area contributed by atoms with E-state index in [1.807, 2.05) is 6.20 Å². The van der Waals surface area contributed by atoms with Gasteiger partial charge in [-0.2, -0.15) is 0 Å². The van der Waals surface area contributed by atoms with Crippen molar-refractivity contribution in [2.45, 2.75) is 12.8 Å². The van der Waals surface area contributed by atoms with Crippen LogP contribution in [-0.4, -0.2) is 17.4 Å². The van der Waals surface area contributed by atoms with E-state index in [1.165, 1.54) is 24.3 Å². The molecule has 0 radical (unpaired) electrons. The van der Waals surface area contributed by atoms with Crippen LogP contribution in [0.4, 0.5) is 8.78 Å². The van der Waals surface area contributed by atoms with E-state index in [4.69, 9.17) is 0 Å². The summed E-state index contributed by atoms with van der Waals surface area (Å²) in [5.74, 6) is -0.800. The quantitative estimate of drug-likeness (QED) is 0.745. The molecule has 2 N–H and O–H groups in total. The lowest BCUT2D eigenvalue weighted by atomic mass is 10.1. The van der Waals surface area contributed by atoms with Crippen molar-refractivity contribution in [3.05, 3.63) is 71.4 Å². The standard InChI is InChI=1S/C18H16F2N2O/c19-14-3-1-2-12(8-14)9-18(23)21-7-6-13-11-22-17-5-4-15(20)10-16(13)17/h1-5,8,10-11,22H,6-7,9H2,(H,21,23). The van der Waals surface area contributed by atoms with E-state index in [9.17, 15) is 13.6 Å². The predicted octanol–water partition coefficient (Wildman–Crippen LogP) is 3.35. The van der Waals surface area contributed by atoms with Crippen molar-refractivity contribution in [3.8, 4) is 0 Å². The van der Waals surface area contributed by atoms with Crippen LogP contribution in [0.3, 0.4) is 0 Å². The predicted molar refractivity (Wildman–Crippen MR) is 85.1 cm³/mol. The molecule has 0 unspecified atom stereocenters. The summed E-state index contributed by atoms with van der Waals surface area (Å²) in [5, 5.41) is 3.62. The summed E-state index contributed by atoms with van der Waals surface area (Å²) in [6.45, 7) is 0.442. The summed E-state index contributed by atoms with van der Waals surface area (Å²) in [4.78, 5) is 14.9. The minimum Gasteiger partial charge on any atom is -0.361 e. The Balaban J connectivity index is 1.56. The molecule has 0 aliphatic rings. The number of aromatic amines is 1. The molecule has 3 nitrogen and oxygen atoms in total. The van der Waals surface area contributed by atoms with Crippen LogP contribution in [0, 0.1) is 11.6 Å². The molecule has 0 spiro atoms. The van der Waals surface area contributed by atoms with E-state index in [0.717, 1.165) is 16.5 Å². The number of carbonyl (C=O) groups is 1. The van der Waals surface area contributed by atoms with Crippen molar-refractivity contribution >= 4 is 16.8 Å². The molecule has 3 aromatic rings. The van der Waals surface area contributed by atoms with Gasteiger partial charge in [-0.25, -0.2) is 8.78 Å². The number of aromatic nitrogens is 1. The second-order valence-corrected chi connectivity index (χ2v) is 5.41. The highest BCUT2D eigenvalue weighted by Crippen LogP contribution is 2.19. The van der Waals surface area contributed by atoms with E-state index in [-0.39, 0.29) is 24.0 Å². The Kier molecular flexibility index (Phi) is 4.37. The highest BCUT2D eigenvalue weighted by molar-refractivity contribution is 5.83. The van der Waals surface area contributed by atoms with Gasteiger partial charge >= 0.3 is 0 Å². The zero-order chi connectivity index (χ0) is 16.2.